The van der Waals surface area contributed by atoms with Crippen molar-refractivity contribution in [2.75, 3.05) is 0 Å². The van der Waals surface area contributed by atoms with Crippen LogP contribution in [0.3, 0.4) is 0 Å². The molecule has 0 fully saturated rings. The highest BCUT2D eigenvalue weighted by Gasteiger charge is 2.22. The first-order valence-corrected chi connectivity index (χ1v) is 12.8. The van der Waals surface area contributed by atoms with Crippen LogP contribution >= 0.6 is 11.7 Å². The number of fused-ring (bicyclic) bond motifs is 1. The highest BCUT2D eigenvalue weighted by Crippen LogP contribution is 2.38. The minimum atomic E-state index is -0.238. The summed E-state index contributed by atoms with van der Waals surface area (Å²) in [5, 5.41) is 9.17. The first-order valence-electron chi connectivity index (χ1n) is 12.0. The molecular weight excluding hydrogens is 462 g/mol. The molecule has 0 aliphatic carbocycles. The summed E-state index contributed by atoms with van der Waals surface area (Å²) in [5.74, 6) is -0.238. The van der Waals surface area contributed by atoms with Gasteiger partial charge >= 0.3 is 0 Å². The average Bonchev–Trinajstić information content (AvgIpc) is 3.31. The third kappa shape index (κ3) is 5.15. The lowest BCUT2D eigenvalue weighted by Gasteiger charge is -2.26. The summed E-state index contributed by atoms with van der Waals surface area (Å²) in [4.78, 5) is 11.6. The van der Waals surface area contributed by atoms with E-state index in [1.54, 1.807) is 6.08 Å². The molecule has 4 nitrogen and oxygen atoms in total. The molecule has 0 aliphatic rings. The molecular formula is C31H31N3OS. The van der Waals surface area contributed by atoms with Gasteiger partial charge < -0.3 is 0 Å². The van der Waals surface area contributed by atoms with Crippen LogP contribution in [0, 0.1) is 11.3 Å². The van der Waals surface area contributed by atoms with Gasteiger partial charge in [0.25, 0.3) is 0 Å². The third-order valence-corrected chi connectivity index (χ3v) is 6.95. The summed E-state index contributed by atoms with van der Waals surface area (Å²) in [6.45, 7) is 14.9. The minimum Gasteiger partial charge on any atom is -0.294 e. The van der Waals surface area contributed by atoms with Crippen molar-refractivity contribution in [3.63, 3.8) is 0 Å². The molecule has 0 spiro atoms. The monoisotopic (exact) mass is 493 g/mol. The number of benzene rings is 3. The smallest absolute Gasteiger partial charge is 0.170 e. The van der Waals surface area contributed by atoms with Crippen molar-refractivity contribution >= 4 is 34.6 Å². The number of nitriles is 1. The van der Waals surface area contributed by atoms with Gasteiger partial charge in [0.05, 0.1) is 17.3 Å². The number of aromatic nitrogens is 2. The van der Waals surface area contributed by atoms with E-state index in [0.29, 0.717) is 0 Å². The lowest BCUT2D eigenvalue weighted by molar-refractivity contribution is -0.113. The summed E-state index contributed by atoms with van der Waals surface area (Å²) in [5.41, 5.74) is 9.64. The first kappa shape index (κ1) is 25.5. The van der Waals surface area contributed by atoms with Gasteiger partial charge in [-0.1, -0.05) is 96.1 Å². The van der Waals surface area contributed by atoms with Crippen molar-refractivity contribution < 1.29 is 4.79 Å². The van der Waals surface area contributed by atoms with Crippen LogP contribution in [0.4, 0.5) is 0 Å². The van der Waals surface area contributed by atoms with Gasteiger partial charge in [-0.15, -0.1) is 0 Å². The van der Waals surface area contributed by atoms with Crippen LogP contribution < -0.4 is 0 Å². The van der Waals surface area contributed by atoms with E-state index in [1.165, 1.54) is 29.8 Å². The number of carbonyl (C=O) groups excluding carboxylic acids is 1. The largest absolute Gasteiger partial charge is 0.294 e. The molecule has 0 aliphatic heterocycles. The SMILES string of the molecule is CC(=O)/C(C#N)=C/c1ccc(-c2ccc(-c3cc(C(C)(C)C)cc(C(C)(C)C)c3)c3nsnc23)cc1. The van der Waals surface area contributed by atoms with Crippen LogP contribution in [0.15, 0.2) is 60.2 Å². The van der Waals surface area contributed by atoms with E-state index in [9.17, 15) is 10.1 Å². The van der Waals surface area contributed by atoms with Crippen LogP contribution in [0.2, 0.25) is 0 Å². The van der Waals surface area contributed by atoms with Gasteiger partial charge in [-0.2, -0.15) is 14.0 Å². The topological polar surface area (TPSA) is 66.6 Å². The Balaban J connectivity index is 1.82. The molecule has 0 atom stereocenters. The Morgan fingerprint density at radius 2 is 1.31 bits per heavy atom. The van der Waals surface area contributed by atoms with E-state index in [1.807, 2.05) is 30.3 Å². The number of hydrogen-bond acceptors (Lipinski definition) is 5. The summed E-state index contributed by atoms with van der Waals surface area (Å²) in [6.07, 6.45) is 1.62. The number of carbonyl (C=O) groups is 1. The molecule has 0 N–H and O–H groups in total. The fourth-order valence-corrected chi connectivity index (χ4v) is 4.69. The third-order valence-electron chi connectivity index (χ3n) is 6.42. The molecule has 0 saturated carbocycles. The molecule has 1 heterocycles. The number of allylic oxidation sites excluding steroid dienone is 1. The minimum absolute atomic E-state index is 0.0272. The lowest BCUT2D eigenvalue weighted by atomic mass is 9.78. The zero-order valence-electron chi connectivity index (χ0n) is 21.9. The van der Waals surface area contributed by atoms with Crippen LogP contribution in [0.1, 0.15) is 65.2 Å². The Morgan fingerprint density at radius 1 is 0.806 bits per heavy atom. The molecule has 182 valence electrons. The number of hydrogen-bond donors (Lipinski definition) is 0. The van der Waals surface area contributed by atoms with E-state index in [0.717, 1.165) is 38.9 Å². The van der Waals surface area contributed by atoms with Crippen molar-refractivity contribution in [3.05, 3.63) is 76.9 Å². The Hall–Kier alpha value is -3.62. The summed E-state index contributed by atoms with van der Waals surface area (Å²) >= 11 is 1.22. The maximum Gasteiger partial charge on any atom is 0.170 e. The van der Waals surface area contributed by atoms with Crippen molar-refractivity contribution in [3.8, 4) is 28.3 Å². The zero-order valence-corrected chi connectivity index (χ0v) is 22.7. The van der Waals surface area contributed by atoms with Crippen LogP contribution in [0.25, 0.3) is 39.4 Å². The maximum atomic E-state index is 11.6. The fraction of sp³-hybridized carbons (Fsp3) is 0.290. The summed E-state index contributed by atoms with van der Waals surface area (Å²) in [7, 11) is 0. The summed E-state index contributed by atoms with van der Waals surface area (Å²) < 4.78 is 9.36. The highest BCUT2D eigenvalue weighted by molar-refractivity contribution is 7.00. The second-order valence-electron chi connectivity index (χ2n) is 11.3. The van der Waals surface area contributed by atoms with Crippen molar-refractivity contribution in [2.24, 2.45) is 0 Å². The molecule has 0 bridgehead atoms. The van der Waals surface area contributed by atoms with Crippen molar-refractivity contribution in [1.82, 2.24) is 8.75 Å². The predicted molar refractivity (Wildman–Crippen MR) is 150 cm³/mol. The molecule has 4 rings (SSSR count). The van der Waals surface area contributed by atoms with Gasteiger partial charge in [0.2, 0.25) is 0 Å². The zero-order chi connectivity index (χ0) is 26.3. The van der Waals surface area contributed by atoms with Crippen LogP contribution in [-0.4, -0.2) is 14.5 Å². The Kier molecular flexibility index (Phi) is 6.68. The van der Waals surface area contributed by atoms with Gasteiger partial charge in [-0.3, -0.25) is 4.79 Å². The van der Waals surface area contributed by atoms with Gasteiger partial charge in [0.15, 0.2) is 5.78 Å². The normalized spacial score (nSPS) is 12.6. The number of Topliss-reactive ketones (excluding diaryl/α,β-unsaturated/α-hetero) is 1. The molecule has 0 unspecified atom stereocenters. The predicted octanol–water partition coefficient (Wildman–Crippen LogP) is 8.12. The second-order valence-corrected chi connectivity index (χ2v) is 11.8. The van der Waals surface area contributed by atoms with E-state index in [-0.39, 0.29) is 22.2 Å². The molecule has 0 amide bonds. The van der Waals surface area contributed by atoms with Crippen molar-refractivity contribution in [2.45, 2.75) is 59.3 Å². The standard InChI is InChI=1S/C31H31N3OS/c1-19(35)23(18-32)14-20-8-10-21(11-9-20)26-12-13-27(29-28(26)33-36-34-29)22-15-24(30(2,3)4)17-25(16-22)31(5,6)7/h8-17H,1-7H3/b23-14+. The Bertz CT molecular complexity index is 1490. The van der Waals surface area contributed by atoms with Crippen molar-refractivity contribution in [1.29, 1.82) is 5.26 Å². The molecule has 0 saturated heterocycles. The molecule has 4 aromatic rings. The van der Waals surface area contributed by atoms with Gasteiger partial charge in [0, 0.05) is 11.1 Å². The van der Waals surface area contributed by atoms with E-state index in [4.69, 9.17) is 4.37 Å². The highest BCUT2D eigenvalue weighted by atomic mass is 32.1. The molecule has 3 aromatic carbocycles. The van der Waals surface area contributed by atoms with Gasteiger partial charge in [0.1, 0.15) is 17.1 Å². The van der Waals surface area contributed by atoms with E-state index >= 15 is 0 Å². The quantitative estimate of drug-likeness (QED) is 0.213. The Labute approximate surface area is 217 Å². The fourth-order valence-electron chi connectivity index (χ4n) is 4.12. The van der Waals surface area contributed by atoms with Crippen LogP contribution in [0.5, 0.6) is 0 Å². The molecule has 36 heavy (non-hydrogen) atoms. The number of ketones is 1. The van der Waals surface area contributed by atoms with Gasteiger partial charge in [-0.25, -0.2) is 0 Å². The van der Waals surface area contributed by atoms with E-state index < -0.39 is 0 Å². The lowest BCUT2D eigenvalue weighted by Crippen LogP contribution is -2.16. The maximum absolute atomic E-state index is 11.6. The van der Waals surface area contributed by atoms with Crippen LogP contribution in [-0.2, 0) is 15.6 Å². The molecule has 0 radical (unpaired) electrons. The second kappa shape index (κ2) is 9.44. The van der Waals surface area contributed by atoms with Gasteiger partial charge in [-0.05, 0) is 51.6 Å². The number of nitrogens with zero attached hydrogens (tertiary/aromatic N) is 3. The molecule has 1 aromatic heterocycles. The molecule has 5 heteroatoms. The number of rotatable bonds is 4. The first-order chi connectivity index (χ1) is 16.9. The Morgan fingerprint density at radius 3 is 1.75 bits per heavy atom. The average molecular weight is 494 g/mol. The summed E-state index contributed by atoms with van der Waals surface area (Å²) in [6, 6.07) is 20.9. The van der Waals surface area contributed by atoms with E-state index in [2.05, 4.69) is 76.2 Å².